The second-order valence-corrected chi connectivity index (χ2v) is 5.07. The first-order valence-corrected chi connectivity index (χ1v) is 6.88. The molecule has 0 bridgehead atoms. The molecule has 0 saturated heterocycles. The summed E-state index contributed by atoms with van der Waals surface area (Å²) in [6, 6.07) is 4.66. The number of benzene rings is 1. The van der Waals surface area contributed by atoms with E-state index in [-0.39, 0.29) is 6.04 Å². The standard InChI is InChI=1S/C15H24N2O3/c1-17(10-5-6-10)12(9-16)11-7-8-13(18-2)15(20-4)14(11)19-3/h7-8,10,12H,5-6,9,16H2,1-4H3. The zero-order valence-corrected chi connectivity index (χ0v) is 12.7. The van der Waals surface area contributed by atoms with Gasteiger partial charge in [0.1, 0.15) is 0 Å². The summed E-state index contributed by atoms with van der Waals surface area (Å²) in [4.78, 5) is 2.32. The molecule has 1 atom stereocenters. The average Bonchev–Trinajstić information content (AvgIpc) is 3.31. The Labute approximate surface area is 120 Å². The minimum absolute atomic E-state index is 0.122. The van der Waals surface area contributed by atoms with Crippen LogP contribution < -0.4 is 19.9 Å². The Bertz CT molecular complexity index is 461. The smallest absolute Gasteiger partial charge is 0.203 e. The van der Waals surface area contributed by atoms with Crippen LogP contribution in [0.1, 0.15) is 24.4 Å². The van der Waals surface area contributed by atoms with Gasteiger partial charge in [0.05, 0.1) is 27.4 Å². The fourth-order valence-corrected chi connectivity index (χ4v) is 2.64. The second kappa shape index (κ2) is 6.33. The molecule has 5 nitrogen and oxygen atoms in total. The van der Waals surface area contributed by atoms with Crippen molar-refractivity contribution in [3.05, 3.63) is 17.7 Å². The maximum atomic E-state index is 5.99. The van der Waals surface area contributed by atoms with Gasteiger partial charge < -0.3 is 19.9 Å². The Kier molecular flexibility index (Phi) is 4.73. The van der Waals surface area contributed by atoms with Crippen LogP contribution in [0.3, 0.4) is 0 Å². The maximum Gasteiger partial charge on any atom is 0.203 e. The summed E-state index contributed by atoms with van der Waals surface area (Å²) in [6.45, 7) is 0.541. The summed E-state index contributed by atoms with van der Waals surface area (Å²) >= 11 is 0. The van der Waals surface area contributed by atoms with Crippen molar-refractivity contribution in [1.82, 2.24) is 4.90 Å². The van der Waals surface area contributed by atoms with Crippen molar-refractivity contribution in [2.45, 2.75) is 24.9 Å². The van der Waals surface area contributed by atoms with Crippen LogP contribution in [0.25, 0.3) is 0 Å². The average molecular weight is 280 g/mol. The molecule has 2 N–H and O–H groups in total. The quantitative estimate of drug-likeness (QED) is 0.825. The van der Waals surface area contributed by atoms with E-state index in [1.54, 1.807) is 21.3 Å². The van der Waals surface area contributed by atoms with E-state index in [9.17, 15) is 0 Å². The van der Waals surface area contributed by atoms with Crippen molar-refractivity contribution in [2.24, 2.45) is 5.73 Å². The largest absolute Gasteiger partial charge is 0.493 e. The zero-order valence-electron chi connectivity index (χ0n) is 12.7. The predicted octanol–water partition coefficient (Wildman–Crippen LogP) is 1.81. The summed E-state index contributed by atoms with van der Waals surface area (Å²) in [5.74, 6) is 1.99. The molecule has 1 aromatic rings. The van der Waals surface area contributed by atoms with Gasteiger partial charge in [-0.2, -0.15) is 0 Å². The third-order valence-electron chi connectivity index (χ3n) is 3.93. The number of likely N-dealkylation sites (N-methyl/N-ethyl adjacent to an activating group) is 1. The van der Waals surface area contributed by atoms with E-state index in [2.05, 4.69) is 11.9 Å². The van der Waals surface area contributed by atoms with Gasteiger partial charge in [-0.05, 0) is 32.0 Å². The highest BCUT2D eigenvalue weighted by Gasteiger charge is 2.33. The highest BCUT2D eigenvalue weighted by atomic mass is 16.5. The van der Waals surface area contributed by atoms with E-state index in [1.807, 2.05) is 12.1 Å². The normalized spacial score (nSPS) is 16.1. The van der Waals surface area contributed by atoms with Gasteiger partial charge in [-0.25, -0.2) is 0 Å². The van der Waals surface area contributed by atoms with E-state index < -0.39 is 0 Å². The van der Waals surface area contributed by atoms with Crippen LogP contribution in [-0.2, 0) is 0 Å². The van der Waals surface area contributed by atoms with Crippen LogP contribution >= 0.6 is 0 Å². The minimum Gasteiger partial charge on any atom is -0.493 e. The van der Waals surface area contributed by atoms with Crippen molar-refractivity contribution in [1.29, 1.82) is 0 Å². The molecule has 2 rings (SSSR count). The maximum absolute atomic E-state index is 5.99. The van der Waals surface area contributed by atoms with E-state index >= 15 is 0 Å². The molecule has 112 valence electrons. The molecule has 0 spiro atoms. The first-order valence-electron chi connectivity index (χ1n) is 6.88. The molecule has 1 fully saturated rings. The van der Waals surface area contributed by atoms with Crippen molar-refractivity contribution in [3.8, 4) is 17.2 Å². The molecular formula is C15H24N2O3. The number of ether oxygens (including phenoxy) is 3. The minimum atomic E-state index is 0.122. The molecule has 0 heterocycles. The molecular weight excluding hydrogens is 256 g/mol. The summed E-state index contributed by atoms with van der Waals surface area (Å²) in [7, 11) is 7.00. The number of rotatable bonds is 7. The lowest BCUT2D eigenvalue weighted by molar-refractivity contribution is 0.231. The first kappa shape index (κ1) is 14.9. The zero-order chi connectivity index (χ0) is 14.7. The van der Waals surface area contributed by atoms with Crippen LogP contribution in [0.5, 0.6) is 17.2 Å². The molecule has 5 heteroatoms. The van der Waals surface area contributed by atoms with Gasteiger partial charge in [-0.1, -0.05) is 0 Å². The lowest BCUT2D eigenvalue weighted by Gasteiger charge is -2.29. The van der Waals surface area contributed by atoms with Crippen molar-refractivity contribution >= 4 is 0 Å². The lowest BCUT2D eigenvalue weighted by atomic mass is 10.0. The van der Waals surface area contributed by atoms with Crippen molar-refractivity contribution in [3.63, 3.8) is 0 Å². The molecule has 0 amide bonds. The summed E-state index contributed by atoms with van der Waals surface area (Å²) < 4.78 is 16.3. The topological polar surface area (TPSA) is 57.0 Å². The monoisotopic (exact) mass is 280 g/mol. The lowest BCUT2D eigenvalue weighted by Crippen LogP contribution is -2.32. The Balaban J connectivity index is 2.43. The second-order valence-electron chi connectivity index (χ2n) is 5.07. The van der Waals surface area contributed by atoms with Crippen LogP contribution in [0.15, 0.2) is 12.1 Å². The number of hydrogen-bond acceptors (Lipinski definition) is 5. The molecule has 1 aliphatic carbocycles. The molecule has 1 unspecified atom stereocenters. The highest BCUT2D eigenvalue weighted by Crippen LogP contribution is 2.44. The van der Waals surface area contributed by atoms with Crippen molar-refractivity contribution < 1.29 is 14.2 Å². The van der Waals surface area contributed by atoms with Gasteiger partial charge in [0.2, 0.25) is 5.75 Å². The molecule has 1 saturated carbocycles. The summed E-state index contributed by atoms with van der Waals surface area (Å²) in [5, 5.41) is 0. The Hall–Kier alpha value is -1.46. The molecule has 0 aromatic heterocycles. The number of hydrogen-bond donors (Lipinski definition) is 1. The summed E-state index contributed by atoms with van der Waals surface area (Å²) in [5.41, 5.74) is 7.03. The van der Waals surface area contributed by atoms with Crippen LogP contribution in [0, 0.1) is 0 Å². The first-order chi connectivity index (χ1) is 9.67. The SMILES string of the molecule is COc1ccc(C(CN)N(C)C2CC2)c(OC)c1OC. The van der Waals surface area contributed by atoms with Gasteiger partial charge in [0.15, 0.2) is 11.5 Å². The van der Waals surface area contributed by atoms with E-state index in [0.29, 0.717) is 29.8 Å². The van der Waals surface area contributed by atoms with Crippen LogP contribution in [0.4, 0.5) is 0 Å². The van der Waals surface area contributed by atoms with Crippen LogP contribution in [-0.4, -0.2) is 45.9 Å². The number of nitrogens with two attached hydrogens (primary N) is 1. The predicted molar refractivity (Wildman–Crippen MR) is 78.7 cm³/mol. The molecule has 0 radical (unpaired) electrons. The van der Waals surface area contributed by atoms with Gasteiger partial charge in [-0.3, -0.25) is 4.90 Å². The summed E-state index contributed by atoms with van der Waals surface area (Å²) in [6.07, 6.45) is 2.48. The van der Waals surface area contributed by atoms with Crippen LogP contribution in [0.2, 0.25) is 0 Å². The molecule has 1 aliphatic rings. The number of methoxy groups -OCH3 is 3. The van der Waals surface area contributed by atoms with E-state index in [0.717, 1.165) is 5.56 Å². The fraction of sp³-hybridized carbons (Fsp3) is 0.600. The molecule has 20 heavy (non-hydrogen) atoms. The Morgan fingerprint density at radius 3 is 2.25 bits per heavy atom. The van der Waals surface area contributed by atoms with Gasteiger partial charge in [0.25, 0.3) is 0 Å². The Morgan fingerprint density at radius 2 is 1.80 bits per heavy atom. The fourth-order valence-electron chi connectivity index (χ4n) is 2.64. The van der Waals surface area contributed by atoms with E-state index in [4.69, 9.17) is 19.9 Å². The van der Waals surface area contributed by atoms with Gasteiger partial charge in [0, 0.05) is 18.2 Å². The third kappa shape index (κ3) is 2.69. The van der Waals surface area contributed by atoms with Crippen molar-refractivity contribution in [2.75, 3.05) is 34.9 Å². The highest BCUT2D eigenvalue weighted by molar-refractivity contribution is 5.56. The van der Waals surface area contributed by atoms with Gasteiger partial charge >= 0.3 is 0 Å². The Morgan fingerprint density at radius 1 is 1.15 bits per heavy atom. The van der Waals surface area contributed by atoms with E-state index in [1.165, 1.54) is 12.8 Å². The number of nitrogens with zero attached hydrogens (tertiary/aromatic N) is 1. The molecule has 0 aliphatic heterocycles. The third-order valence-corrected chi connectivity index (χ3v) is 3.93. The van der Waals surface area contributed by atoms with Gasteiger partial charge in [-0.15, -0.1) is 0 Å². The molecule has 1 aromatic carbocycles.